The van der Waals surface area contributed by atoms with Gasteiger partial charge in [-0.2, -0.15) is 13.2 Å². The molecule has 0 heterocycles. The largest absolute Gasteiger partial charge is 0.481 e. The zero-order valence-corrected chi connectivity index (χ0v) is 19.0. The normalized spacial score (nSPS) is 19.3. The Hall–Kier alpha value is -3.06. The first-order valence-electron chi connectivity index (χ1n) is 11.6. The maximum absolute atomic E-state index is 13.6. The summed E-state index contributed by atoms with van der Waals surface area (Å²) in [7, 11) is 0. The van der Waals surface area contributed by atoms with Gasteiger partial charge in [-0.25, -0.2) is 0 Å². The summed E-state index contributed by atoms with van der Waals surface area (Å²) in [6.07, 6.45) is -2.39. The van der Waals surface area contributed by atoms with Gasteiger partial charge in [0.05, 0.1) is 5.56 Å². The predicted octanol–water partition coefficient (Wildman–Crippen LogP) is 6.56. The van der Waals surface area contributed by atoms with Gasteiger partial charge in [0.25, 0.3) is 0 Å². The molecule has 0 spiro atoms. The van der Waals surface area contributed by atoms with E-state index in [0.717, 1.165) is 25.3 Å². The van der Waals surface area contributed by atoms with E-state index in [1.165, 1.54) is 22.4 Å². The summed E-state index contributed by atoms with van der Waals surface area (Å²) >= 11 is 0. The van der Waals surface area contributed by atoms with Gasteiger partial charge in [0.2, 0.25) is 0 Å². The highest BCUT2D eigenvalue weighted by Gasteiger charge is 2.34. The molecular weight excluding hydrogens is 441 g/mol. The number of fused-ring (bicyclic) bond motifs is 1. The van der Waals surface area contributed by atoms with E-state index in [0.29, 0.717) is 5.69 Å². The fourth-order valence-electron chi connectivity index (χ4n) is 4.96. The lowest BCUT2D eigenvalue weighted by Crippen LogP contribution is -2.30. The van der Waals surface area contributed by atoms with Gasteiger partial charge in [-0.15, -0.1) is 0 Å². The van der Waals surface area contributed by atoms with Gasteiger partial charge < -0.3 is 15.7 Å². The van der Waals surface area contributed by atoms with Gasteiger partial charge in [0, 0.05) is 30.2 Å². The van der Waals surface area contributed by atoms with Crippen molar-refractivity contribution in [1.82, 2.24) is 5.32 Å². The van der Waals surface area contributed by atoms with Crippen molar-refractivity contribution in [2.75, 3.05) is 5.32 Å². The molecule has 0 aromatic heterocycles. The number of carboxylic acids is 1. The van der Waals surface area contributed by atoms with E-state index in [-0.39, 0.29) is 36.5 Å². The van der Waals surface area contributed by atoms with Crippen LogP contribution in [0.25, 0.3) is 10.8 Å². The molecule has 7 heteroatoms. The Bertz CT molecular complexity index is 1160. The average Bonchev–Trinajstić information content (AvgIpc) is 3.23. The van der Waals surface area contributed by atoms with Crippen molar-refractivity contribution >= 4 is 22.4 Å². The monoisotopic (exact) mass is 470 g/mol. The minimum absolute atomic E-state index is 0.00956. The van der Waals surface area contributed by atoms with E-state index in [1.54, 1.807) is 6.07 Å². The Morgan fingerprint density at radius 1 is 1.06 bits per heavy atom. The molecule has 3 atom stereocenters. The maximum atomic E-state index is 13.6. The molecule has 34 heavy (non-hydrogen) atoms. The van der Waals surface area contributed by atoms with Crippen LogP contribution < -0.4 is 10.6 Å². The number of carboxylic acid groups (broad SMARTS) is 1. The van der Waals surface area contributed by atoms with Crippen molar-refractivity contribution in [3.63, 3.8) is 0 Å². The number of anilines is 1. The average molecular weight is 471 g/mol. The fourth-order valence-corrected chi connectivity index (χ4v) is 4.96. The second kappa shape index (κ2) is 10.1. The molecule has 180 valence electrons. The zero-order chi connectivity index (χ0) is 24.3. The van der Waals surface area contributed by atoms with Gasteiger partial charge in [0.15, 0.2) is 0 Å². The Labute approximate surface area is 197 Å². The molecule has 0 aliphatic heterocycles. The number of rotatable bonds is 8. The fraction of sp³-hybridized carbons (Fsp3) is 0.370. The molecule has 0 saturated heterocycles. The van der Waals surface area contributed by atoms with Gasteiger partial charge in [-0.05, 0) is 66.6 Å². The van der Waals surface area contributed by atoms with Crippen molar-refractivity contribution in [1.29, 1.82) is 0 Å². The molecular formula is C27H29F3N2O2. The van der Waals surface area contributed by atoms with Crippen LogP contribution in [0.2, 0.25) is 0 Å². The lowest BCUT2D eigenvalue weighted by Gasteiger charge is -2.22. The Kier molecular flexibility index (Phi) is 7.12. The lowest BCUT2D eigenvalue weighted by atomic mass is 9.99. The summed E-state index contributed by atoms with van der Waals surface area (Å²) in [4.78, 5) is 10.8. The number of benzene rings is 3. The van der Waals surface area contributed by atoms with Crippen molar-refractivity contribution in [2.24, 2.45) is 0 Å². The van der Waals surface area contributed by atoms with Crippen molar-refractivity contribution in [3.8, 4) is 0 Å². The first-order chi connectivity index (χ1) is 16.2. The first-order valence-corrected chi connectivity index (χ1v) is 11.6. The summed E-state index contributed by atoms with van der Waals surface area (Å²) in [6, 6.07) is 19.2. The number of halogens is 3. The Morgan fingerprint density at radius 2 is 1.79 bits per heavy atom. The van der Waals surface area contributed by atoms with Crippen molar-refractivity contribution in [3.05, 3.63) is 77.4 Å². The van der Waals surface area contributed by atoms with Crippen LogP contribution in [0.15, 0.2) is 60.7 Å². The number of aliphatic carboxylic acids is 1. The third-order valence-electron chi connectivity index (χ3n) is 6.60. The zero-order valence-electron chi connectivity index (χ0n) is 19.0. The minimum Gasteiger partial charge on any atom is -0.481 e. The second-order valence-electron chi connectivity index (χ2n) is 9.07. The third kappa shape index (κ3) is 5.70. The van der Waals surface area contributed by atoms with E-state index in [1.807, 2.05) is 12.1 Å². The van der Waals surface area contributed by atoms with Gasteiger partial charge >= 0.3 is 12.1 Å². The molecule has 1 aliphatic carbocycles. The van der Waals surface area contributed by atoms with Crippen LogP contribution in [0.3, 0.4) is 0 Å². The van der Waals surface area contributed by atoms with Crippen LogP contribution in [-0.2, 0) is 17.4 Å². The molecule has 1 fully saturated rings. The molecule has 1 aliphatic rings. The van der Waals surface area contributed by atoms with Crippen LogP contribution in [0.4, 0.5) is 18.9 Å². The molecule has 4 rings (SSSR count). The summed E-state index contributed by atoms with van der Waals surface area (Å²) in [5, 5.41) is 18.2. The first kappa shape index (κ1) is 24.1. The van der Waals surface area contributed by atoms with Gasteiger partial charge in [0.1, 0.15) is 0 Å². The molecule has 3 aromatic rings. The summed E-state index contributed by atoms with van der Waals surface area (Å²) in [5.74, 6) is -1.11. The third-order valence-corrected chi connectivity index (χ3v) is 6.60. The molecule has 3 aromatic carbocycles. The molecule has 1 saturated carbocycles. The van der Waals surface area contributed by atoms with Crippen LogP contribution in [0, 0.1) is 0 Å². The Balaban J connectivity index is 1.40. The van der Waals surface area contributed by atoms with Gasteiger partial charge in [-0.3, -0.25) is 4.79 Å². The van der Waals surface area contributed by atoms with E-state index >= 15 is 0 Å². The maximum Gasteiger partial charge on any atom is 0.416 e. The smallest absolute Gasteiger partial charge is 0.416 e. The number of carbonyl (C=O) groups is 1. The Morgan fingerprint density at radius 3 is 2.56 bits per heavy atom. The summed E-state index contributed by atoms with van der Waals surface area (Å²) in [6.45, 7) is 2.15. The van der Waals surface area contributed by atoms with Crippen molar-refractivity contribution < 1.29 is 23.1 Å². The van der Waals surface area contributed by atoms with Gasteiger partial charge in [-0.1, -0.05) is 48.5 Å². The van der Waals surface area contributed by atoms with E-state index in [4.69, 9.17) is 5.11 Å². The highest BCUT2D eigenvalue weighted by atomic mass is 19.4. The molecule has 3 unspecified atom stereocenters. The summed E-state index contributed by atoms with van der Waals surface area (Å²) in [5.41, 5.74) is 0.895. The van der Waals surface area contributed by atoms with Crippen LogP contribution in [0.1, 0.15) is 55.3 Å². The quantitative estimate of drug-likeness (QED) is 0.349. The molecule has 3 N–H and O–H groups in total. The summed E-state index contributed by atoms with van der Waals surface area (Å²) < 4.78 is 40.7. The second-order valence-corrected chi connectivity index (χ2v) is 9.07. The van der Waals surface area contributed by atoms with E-state index in [2.05, 4.69) is 47.9 Å². The van der Waals surface area contributed by atoms with Crippen LogP contribution in [0.5, 0.6) is 0 Å². The standard InChI is InChI=1S/C27H29F3N2O2/c1-17(23-8-4-6-18-5-2-3-7-24(18)23)31-20-12-13-21(15-20)32-22-11-9-19(10-14-26(33)34)25(16-22)27(28,29)30/h2-9,11,16-17,20-21,31-32H,10,12-15H2,1H3,(H,33,34). The number of nitrogens with one attached hydrogen (secondary N) is 2. The molecule has 4 nitrogen and oxygen atoms in total. The van der Waals surface area contributed by atoms with Crippen molar-refractivity contribution in [2.45, 2.75) is 63.3 Å². The number of hydrogen-bond acceptors (Lipinski definition) is 3. The number of alkyl halides is 3. The SMILES string of the molecule is CC(NC1CCC(Nc2ccc(CCC(=O)O)c(C(F)(F)F)c2)C1)c1cccc2ccccc12. The predicted molar refractivity (Wildman–Crippen MR) is 128 cm³/mol. The highest BCUT2D eigenvalue weighted by Crippen LogP contribution is 2.35. The van der Waals surface area contributed by atoms with E-state index < -0.39 is 17.7 Å². The number of aryl methyl sites for hydroxylation is 1. The highest BCUT2D eigenvalue weighted by molar-refractivity contribution is 5.86. The van der Waals surface area contributed by atoms with Crippen LogP contribution >= 0.6 is 0 Å². The topological polar surface area (TPSA) is 61.4 Å². The number of hydrogen-bond donors (Lipinski definition) is 3. The molecule has 0 amide bonds. The lowest BCUT2D eigenvalue weighted by molar-refractivity contribution is -0.140. The minimum atomic E-state index is -4.53. The van der Waals surface area contributed by atoms with Crippen LogP contribution in [-0.4, -0.2) is 23.2 Å². The molecule has 0 radical (unpaired) electrons. The van der Waals surface area contributed by atoms with E-state index in [9.17, 15) is 18.0 Å². The molecule has 0 bridgehead atoms.